The van der Waals surface area contributed by atoms with E-state index >= 15 is 0 Å². The van der Waals surface area contributed by atoms with Crippen LogP contribution < -0.4 is 4.74 Å². The van der Waals surface area contributed by atoms with Crippen molar-refractivity contribution in [2.75, 3.05) is 20.2 Å². The number of nitrogens with zero attached hydrogens (tertiary/aromatic N) is 2. The third-order valence-corrected chi connectivity index (χ3v) is 5.96. The van der Waals surface area contributed by atoms with E-state index in [1.165, 1.54) is 27.3 Å². The van der Waals surface area contributed by atoms with Crippen molar-refractivity contribution >= 4 is 21.7 Å². The lowest BCUT2D eigenvalue weighted by atomic mass is 9.89. The Balaban J connectivity index is 1.88. The second-order valence-electron chi connectivity index (χ2n) is 7.42. The van der Waals surface area contributed by atoms with Crippen molar-refractivity contribution in [2.45, 2.75) is 19.9 Å². The number of methoxy groups -OCH3 is 1. The molecule has 0 bridgehead atoms. The van der Waals surface area contributed by atoms with Crippen molar-refractivity contribution in [1.82, 2.24) is 9.88 Å². The number of benzene rings is 3. The van der Waals surface area contributed by atoms with Gasteiger partial charge in [0.2, 0.25) is 0 Å². The molecule has 0 aliphatic carbocycles. The largest absolute Gasteiger partial charge is 0.496 e. The number of aromatic nitrogens is 1. The molecule has 0 amide bonds. The van der Waals surface area contributed by atoms with E-state index in [0.29, 0.717) is 0 Å². The number of ether oxygens (including phenoxy) is 1. The predicted molar refractivity (Wildman–Crippen MR) is 116 cm³/mol. The topological polar surface area (TPSA) is 25.4 Å². The summed E-state index contributed by atoms with van der Waals surface area (Å²) in [5.41, 5.74) is 6.01. The van der Waals surface area contributed by atoms with Gasteiger partial charge in [-0.1, -0.05) is 49.4 Å². The van der Waals surface area contributed by atoms with Crippen molar-refractivity contribution in [3.8, 4) is 17.0 Å². The molecule has 0 radical (unpaired) electrons. The third-order valence-electron chi connectivity index (χ3n) is 5.96. The summed E-state index contributed by atoms with van der Waals surface area (Å²) in [4.78, 5) is 7.68. The Morgan fingerprint density at radius 1 is 0.964 bits per heavy atom. The minimum absolute atomic E-state index is 0.881. The zero-order chi connectivity index (χ0) is 19.1. The van der Waals surface area contributed by atoms with Crippen LogP contribution in [-0.2, 0) is 13.0 Å². The van der Waals surface area contributed by atoms with Crippen molar-refractivity contribution in [3.05, 3.63) is 71.8 Å². The molecule has 3 heteroatoms. The lowest BCUT2D eigenvalue weighted by molar-refractivity contribution is 0.269. The molecule has 2 heterocycles. The molecule has 0 fully saturated rings. The lowest BCUT2D eigenvalue weighted by Crippen LogP contribution is -2.31. The smallest absolute Gasteiger partial charge is 0.128 e. The Bertz CT molecular complexity index is 1180. The van der Waals surface area contributed by atoms with Crippen LogP contribution in [0.1, 0.15) is 18.1 Å². The lowest BCUT2D eigenvalue weighted by Gasteiger charge is -2.30. The molecule has 0 N–H and O–H groups in total. The van der Waals surface area contributed by atoms with Crippen LogP contribution in [0.3, 0.4) is 0 Å². The first-order valence-corrected chi connectivity index (χ1v) is 9.99. The first-order chi connectivity index (χ1) is 13.8. The van der Waals surface area contributed by atoms with Crippen LogP contribution in [0.2, 0.25) is 0 Å². The van der Waals surface area contributed by atoms with E-state index in [0.717, 1.165) is 48.6 Å². The average molecular weight is 368 g/mol. The van der Waals surface area contributed by atoms with Crippen LogP contribution in [0.15, 0.2) is 60.7 Å². The van der Waals surface area contributed by atoms with Gasteiger partial charge in [0.15, 0.2) is 0 Å². The number of pyridine rings is 1. The van der Waals surface area contributed by atoms with Gasteiger partial charge in [0, 0.05) is 24.0 Å². The number of fused-ring (bicyclic) bond motifs is 5. The normalized spacial score (nSPS) is 14.4. The molecule has 5 rings (SSSR count). The maximum Gasteiger partial charge on any atom is 0.128 e. The number of para-hydroxylation sites is 1. The number of likely N-dealkylation sites (N-methyl/N-ethyl adjacent to an activating group) is 1. The van der Waals surface area contributed by atoms with Crippen molar-refractivity contribution in [3.63, 3.8) is 0 Å². The molecule has 0 unspecified atom stereocenters. The fourth-order valence-electron chi connectivity index (χ4n) is 4.50. The average Bonchev–Trinajstić information content (AvgIpc) is 2.77. The molecule has 140 valence electrons. The summed E-state index contributed by atoms with van der Waals surface area (Å²) in [7, 11) is 1.73. The van der Waals surface area contributed by atoms with Crippen LogP contribution in [0.4, 0.5) is 0 Å². The molecule has 0 saturated heterocycles. The molecule has 4 aromatic rings. The molecule has 1 aromatic heterocycles. The van der Waals surface area contributed by atoms with Gasteiger partial charge in [-0.2, -0.15) is 0 Å². The molecular formula is C25H24N2O. The van der Waals surface area contributed by atoms with E-state index in [1.807, 2.05) is 12.1 Å². The Morgan fingerprint density at radius 3 is 2.64 bits per heavy atom. The zero-order valence-corrected chi connectivity index (χ0v) is 16.4. The first kappa shape index (κ1) is 17.2. The fourth-order valence-corrected chi connectivity index (χ4v) is 4.50. The maximum atomic E-state index is 5.67. The van der Waals surface area contributed by atoms with Gasteiger partial charge in [-0.15, -0.1) is 0 Å². The highest BCUT2D eigenvalue weighted by Crippen LogP contribution is 2.39. The van der Waals surface area contributed by atoms with Crippen LogP contribution in [-0.4, -0.2) is 30.1 Å². The molecule has 0 spiro atoms. The van der Waals surface area contributed by atoms with Gasteiger partial charge in [-0.3, -0.25) is 4.90 Å². The summed E-state index contributed by atoms with van der Waals surface area (Å²) >= 11 is 0. The quantitative estimate of drug-likeness (QED) is 0.450. The summed E-state index contributed by atoms with van der Waals surface area (Å²) < 4.78 is 5.67. The first-order valence-electron chi connectivity index (χ1n) is 9.99. The summed E-state index contributed by atoms with van der Waals surface area (Å²) in [6.07, 6.45) is 1.05. The van der Waals surface area contributed by atoms with E-state index in [1.54, 1.807) is 7.11 Å². The molecule has 0 atom stereocenters. The fraction of sp³-hybridized carbons (Fsp3) is 0.240. The van der Waals surface area contributed by atoms with Gasteiger partial charge >= 0.3 is 0 Å². The Morgan fingerprint density at radius 2 is 1.79 bits per heavy atom. The molecule has 3 nitrogen and oxygen atoms in total. The van der Waals surface area contributed by atoms with Gasteiger partial charge in [-0.25, -0.2) is 4.98 Å². The molecule has 0 saturated carbocycles. The minimum Gasteiger partial charge on any atom is -0.496 e. The number of hydrogen-bond donors (Lipinski definition) is 0. The standard InChI is InChI=1S/C25H24N2O/c1-3-27-15-14-19-21(16-27)25(20-10-6-7-11-23(20)28-2)26-22-13-12-17-8-4-5-9-18(17)24(19)22/h4-13H,3,14-16H2,1-2H3. The van der Waals surface area contributed by atoms with E-state index in [9.17, 15) is 0 Å². The summed E-state index contributed by atoms with van der Waals surface area (Å²) in [5.74, 6) is 0.881. The van der Waals surface area contributed by atoms with E-state index < -0.39 is 0 Å². The highest BCUT2D eigenvalue weighted by Gasteiger charge is 2.24. The van der Waals surface area contributed by atoms with Crippen LogP contribution >= 0.6 is 0 Å². The second-order valence-corrected chi connectivity index (χ2v) is 7.42. The van der Waals surface area contributed by atoms with Gasteiger partial charge < -0.3 is 4.74 Å². The molecule has 1 aliphatic rings. The molecule has 3 aromatic carbocycles. The Kier molecular flexibility index (Phi) is 4.25. The predicted octanol–water partition coefficient (Wildman–Crippen LogP) is 5.44. The van der Waals surface area contributed by atoms with E-state index in [4.69, 9.17) is 9.72 Å². The summed E-state index contributed by atoms with van der Waals surface area (Å²) in [6, 6.07) is 21.2. The van der Waals surface area contributed by atoms with Gasteiger partial charge in [-0.05, 0) is 53.1 Å². The van der Waals surface area contributed by atoms with Crippen LogP contribution in [0.5, 0.6) is 5.75 Å². The van der Waals surface area contributed by atoms with E-state index in [2.05, 4.69) is 60.4 Å². The van der Waals surface area contributed by atoms with Crippen molar-refractivity contribution in [2.24, 2.45) is 0 Å². The minimum atomic E-state index is 0.881. The highest BCUT2D eigenvalue weighted by molar-refractivity contribution is 6.09. The highest BCUT2D eigenvalue weighted by atomic mass is 16.5. The van der Waals surface area contributed by atoms with Gasteiger partial charge in [0.25, 0.3) is 0 Å². The Labute approximate surface area is 165 Å². The Hall–Kier alpha value is -2.91. The molecule has 1 aliphatic heterocycles. The van der Waals surface area contributed by atoms with Crippen molar-refractivity contribution < 1.29 is 4.74 Å². The monoisotopic (exact) mass is 368 g/mol. The van der Waals surface area contributed by atoms with Gasteiger partial charge in [0.05, 0.1) is 18.3 Å². The molecule has 28 heavy (non-hydrogen) atoms. The summed E-state index contributed by atoms with van der Waals surface area (Å²) in [5, 5.41) is 3.91. The number of hydrogen-bond acceptors (Lipinski definition) is 3. The van der Waals surface area contributed by atoms with Crippen LogP contribution in [0, 0.1) is 0 Å². The molecular weight excluding hydrogens is 344 g/mol. The second kappa shape index (κ2) is 6.92. The zero-order valence-electron chi connectivity index (χ0n) is 16.4. The number of rotatable bonds is 3. The summed E-state index contributed by atoms with van der Waals surface area (Å²) in [6.45, 7) is 5.32. The van der Waals surface area contributed by atoms with Crippen molar-refractivity contribution in [1.29, 1.82) is 0 Å². The van der Waals surface area contributed by atoms with E-state index in [-0.39, 0.29) is 0 Å². The van der Waals surface area contributed by atoms with Gasteiger partial charge in [0.1, 0.15) is 5.75 Å². The van der Waals surface area contributed by atoms with Crippen LogP contribution in [0.25, 0.3) is 32.9 Å². The third kappa shape index (κ3) is 2.66. The maximum absolute atomic E-state index is 5.67. The SMILES string of the molecule is CCN1CCc2c(c(-c3ccccc3OC)nc3ccc4ccccc4c23)C1.